The first kappa shape index (κ1) is 20.0. The molecular weight excluding hydrogens is 392 g/mol. The van der Waals surface area contributed by atoms with Gasteiger partial charge in [-0.1, -0.05) is 25.5 Å². The summed E-state index contributed by atoms with van der Waals surface area (Å²) in [7, 11) is -3.47. The molecule has 2 aromatic carbocycles. The van der Waals surface area contributed by atoms with Crippen molar-refractivity contribution in [2.45, 2.75) is 31.2 Å². The van der Waals surface area contributed by atoms with E-state index < -0.39 is 10.0 Å². The average Bonchev–Trinajstić information content (AvgIpc) is 3.16. The molecule has 156 valence electrons. The summed E-state index contributed by atoms with van der Waals surface area (Å²) in [6.45, 7) is 5.17. The van der Waals surface area contributed by atoms with Crippen LogP contribution in [0.15, 0.2) is 41.3 Å². The molecule has 2 N–H and O–H groups in total. The maximum Gasteiger partial charge on any atom is 0.243 e. The highest BCUT2D eigenvalue weighted by molar-refractivity contribution is 7.89. The van der Waals surface area contributed by atoms with Gasteiger partial charge in [0.2, 0.25) is 16.8 Å². The second kappa shape index (κ2) is 8.22. The topological polar surface area (TPSA) is 80.5 Å². The SMILES string of the molecule is CCCc1ccc(S(=O)(=O)N2CC[NH+](Cc3cc4c(cc3O)OCO4)CC2)cc1. The summed E-state index contributed by atoms with van der Waals surface area (Å²) in [4.78, 5) is 1.58. The number of hydrogen-bond acceptors (Lipinski definition) is 5. The lowest BCUT2D eigenvalue weighted by atomic mass is 10.1. The van der Waals surface area contributed by atoms with Gasteiger partial charge in [0.15, 0.2) is 11.5 Å². The van der Waals surface area contributed by atoms with Gasteiger partial charge in [-0.25, -0.2) is 8.42 Å². The van der Waals surface area contributed by atoms with Gasteiger partial charge in [-0.15, -0.1) is 0 Å². The van der Waals surface area contributed by atoms with E-state index in [9.17, 15) is 13.5 Å². The van der Waals surface area contributed by atoms with Crippen molar-refractivity contribution in [3.63, 3.8) is 0 Å². The number of rotatable bonds is 6. The number of phenolic OH excluding ortho intramolecular Hbond substituents is 1. The number of aryl methyl sites for hydroxylation is 1. The van der Waals surface area contributed by atoms with Crippen LogP contribution in [0.25, 0.3) is 0 Å². The lowest BCUT2D eigenvalue weighted by Gasteiger charge is -2.31. The predicted molar refractivity (Wildman–Crippen MR) is 108 cm³/mol. The fourth-order valence-electron chi connectivity index (χ4n) is 3.87. The van der Waals surface area contributed by atoms with Gasteiger partial charge in [-0.3, -0.25) is 0 Å². The molecule has 0 bridgehead atoms. The number of fused-ring (bicyclic) bond motifs is 1. The van der Waals surface area contributed by atoms with Crippen LogP contribution in [0.2, 0.25) is 0 Å². The first-order chi connectivity index (χ1) is 14.0. The normalized spacial score (nSPS) is 17.6. The highest BCUT2D eigenvalue weighted by Gasteiger charge is 2.31. The van der Waals surface area contributed by atoms with Gasteiger partial charge in [0.25, 0.3) is 0 Å². The van der Waals surface area contributed by atoms with Crippen LogP contribution in [0.3, 0.4) is 0 Å². The standard InChI is InChI=1S/C21H26N2O5S/c1-2-3-16-4-6-18(7-5-16)29(25,26)23-10-8-22(9-11-23)14-17-12-20-21(13-19(17)24)28-15-27-20/h4-7,12-13,24H,2-3,8-11,14-15H2,1H3/p+1. The van der Waals surface area contributed by atoms with Gasteiger partial charge in [0.05, 0.1) is 36.6 Å². The summed E-state index contributed by atoms with van der Waals surface area (Å²) in [5.74, 6) is 1.39. The summed E-state index contributed by atoms with van der Waals surface area (Å²) < 4.78 is 38.1. The molecule has 1 fully saturated rings. The number of nitrogens with one attached hydrogen (secondary N) is 1. The molecule has 0 atom stereocenters. The summed E-state index contributed by atoms with van der Waals surface area (Å²) in [6.07, 6.45) is 1.99. The van der Waals surface area contributed by atoms with Gasteiger partial charge < -0.3 is 19.5 Å². The molecule has 29 heavy (non-hydrogen) atoms. The fourth-order valence-corrected chi connectivity index (χ4v) is 5.31. The molecule has 7 nitrogen and oxygen atoms in total. The third-order valence-corrected chi connectivity index (χ3v) is 7.46. The van der Waals surface area contributed by atoms with E-state index in [-0.39, 0.29) is 12.5 Å². The van der Waals surface area contributed by atoms with Crippen molar-refractivity contribution < 1.29 is 27.9 Å². The Morgan fingerprint density at radius 1 is 1.07 bits per heavy atom. The van der Waals surface area contributed by atoms with Crippen LogP contribution in [0, 0.1) is 0 Å². The second-order valence-corrected chi connectivity index (χ2v) is 9.50. The van der Waals surface area contributed by atoms with Crippen molar-refractivity contribution in [2.24, 2.45) is 0 Å². The van der Waals surface area contributed by atoms with E-state index >= 15 is 0 Å². The van der Waals surface area contributed by atoms with Gasteiger partial charge in [0.1, 0.15) is 12.3 Å². The minimum atomic E-state index is -3.47. The molecule has 2 aliphatic rings. The van der Waals surface area contributed by atoms with Gasteiger partial charge >= 0.3 is 0 Å². The van der Waals surface area contributed by atoms with E-state index in [1.54, 1.807) is 22.5 Å². The molecule has 0 radical (unpaired) electrons. The van der Waals surface area contributed by atoms with Crippen molar-refractivity contribution in [1.29, 1.82) is 0 Å². The van der Waals surface area contributed by atoms with E-state index in [0.717, 1.165) is 24.0 Å². The molecule has 2 aromatic rings. The maximum absolute atomic E-state index is 12.9. The van der Waals surface area contributed by atoms with Crippen LogP contribution in [-0.2, 0) is 23.0 Å². The van der Waals surface area contributed by atoms with Crippen molar-refractivity contribution in [3.05, 3.63) is 47.5 Å². The number of phenols is 1. The Morgan fingerprint density at radius 3 is 2.38 bits per heavy atom. The average molecular weight is 420 g/mol. The Balaban J connectivity index is 1.39. The first-order valence-electron chi connectivity index (χ1n) is 10.0. The molecule has 0 amide bonds. The number of aromatic hydroxyl groups is 1. The van der Waals surface area contributed by atoms with Gasteiger partial charge in [0, 0.05) is 6.07 Å². The van der Waals surface area contributed by atoms with E-state index in [1.807, 2.05) is 18.2 Å². The van der Waals surface area contributed by atoms with Crippen molar-refractivity contribution in [1.82, 2.24) is 4.31 Å². The number of quaternary nitrogens is 1. The minimum Gasteiger partial charge on any atom is -0.507 e. The van der Waals surface area contributed by atoms with E-state index in [4.69, 9.17) is 9.47 Å². The number of nitrogens with zero attached hydrogens (tertiary/aromatic N) is 1. The third-order valence-electron chi connectivity index (χ3n) is 5.54. The summed E-state index contributed by atoms with van der Waals surface area (Å²) in [5, 5.41) is 10.2. The lowest BCUT2D eigenvalue weighted by molar-refractivity contribution is -0.917. The van der Waals surface area contributed by atoms with Crippen molar-refractivity contribution in [2.75, 3.05) is 33.0 Å². The third kappa shape index (κ3) is 4.19. The van der Waals surface area contributed by atoms with Crippen LogP contribution in [0.1, 0.15) is 24.5 Å². The molecular formula is C21H27N2O5S+. The number of sulfonamides is 1. The summed E-state index contributed by atoms with van der Waals surface area (Å²) in [5.41, 5.74) is 1.94. The Kier molecular flexibility index (Phi) is 5.67. The van der Waals surface area contributed by atoms with Crippen molar-refractivity contribution >= 4 is 10.0 Å². The maximum atomic E-state index is 12.9. The van der Waals surface area contributed by atoms with E-state index in [2.05, 4.69) is 6.92 Å². The van der Waals surface area contributed by atoms with Gasteiger partial charge in [-0.05, 0) is 30.2 Å². The Bertz CT molecular complexity index is 967. The Labute approximate surface area is 171 Å². The zero-order valence-corrected chi connectivity index (χ0v) is 17.4. The lowest BCUT2D eigenvalue weighted by Crippen LogP contribution is -3.13. The number of ether oxygens (including phenoxy) is 2. The van der Waals surface area contributed by atoms with E-state index in [0.29, 0.717) is 49.1 Å². The van der Waals surface area contributed by atoms with Gasteiger partial charge in [-0.2, -0.15) is 4.31 Å². The molecule has 2 heterocycles. The quantitative estimate of drug-likeness (QED) is 0.735. The number of piperazine rings is 1. The summed E-state index contributed by atoms with van der Waals surface area (Å²) >= 11 is 0. The Morgan fingerprint density at radius 2 is 1.72 bits per heavy atom. The van der Waals surface area contributed by atoms with Crippen LogP contribution in [-0.4, -0.2) is 50.8 Å². The smallest absolute Gasteiger partial charge is 0.243 e. The molecule has 0 aromatic heterocycles. The van der Waals surface area contributed by atoms with Crippen molar-refractivity contribution in [3.8, 4) is 17.2 Å². The largest absolute Gasteiger partial charge is 0.507 e. The first-order valence-corrected chi connectivity index (χ1v) is 11.5. The molecule has 4 rings (SSSR count). The monoisotopic (exact) mass is 419 g/mol. The molecule has 0 aliphatic carbocycles. The highest BCUT2D eigenvalue weighted by Crippen LogP contribution is 2.37. The Hall–Kier alpha value is -2.29. The number of hydrogen-bond donors (Lipinski definition) is 2. The molecule has 8 heteroatoms. The number of benzene rings is 2. The minimum absolute atomic E-state index is 0.168. The van der Waals surface area contributed by atoms with E-state index in [1.165, 1.54) is 4.90 Å². The molecule has 1 saturated heterocycles. The predicted octanol–water partition coefficient (Wildman–Crippen LogP) is 1.16. The highest BCUT2D eigenvalue weighted by atomic mass is 32.2. The van der Waals surface area contributed by atoms with Crippen LogP contribution >= 0.6 is 0 Å². The molecule has 2 aliphatic heterocycles. The fraction of sp³-hybridized carbons (Fsp3) is 0.429. The molecule has 0 unspecified atom stereocenters. The van der Waals surface area contributed by atoms with Crippen LogP contribution in [0.5, 0.6) is 17.2 Å². The second-order valence-electron chi connectivity index (χ2n) is 7.56. The van der Waals surface area contributed by atoms with Crippen LogP contribution in [0.4, 0.5) is 0 Å². The molecule has 0 saturated carbocycles. The zero-order chi connectivity index (χ0) is 20.4. The molecule has 0 spiro atoms. The zero-order valence-electron chi connectivity index (χ0n) is 16.6. The summed E-state index contributed by atoms with van der Waals surface area (Å²) in [6, 6.07) is 10.6. The van der Waals surface area contributed by atoms with Crippen LogP contribution < -0.4 is 14.4 Å².